The summed E-state index contributed by atoms with van der Waals surface area (Å²) in [5.74, 6) is -0.176. The van der Waals surface area contributed by atoms with Gasteiger partial charge in [0.1, 0.15) is 6.07 Å². The van der Waals surface area contributed by atoms with Gasteiger partial charge in [-0.05, 0) is 35.8 Å². The normalized spacial score (nSPS) is 14.9. The molecule has 20 heavy (non-hydrogen) atoms. The highest BCUT2D eigenvalue weighted by Crippen LogP contribution is 2.26. The van der Waals surface area contributed by atoms with Crippen molar-refractivity contribution in [2.45, 2.75) is 24.3 Å². The van der Waals surface area contributed by atoms with Gasteiger partial charge < -0.3 is 5.11 Å². The largest absolute Gasteiger partial charge is 0.389 e. The lowest BCUT2D eigenvalue weighted by Crippen LogP contribution is -2.29. The molecule has 0 bridgehead atoms. The molecule has 0 fully saturated rings. The number of nitrogens with one attached hydrogen (secondary N) is 1. The van der Waals surface area contributed by atoms with Crippen molar-refractivity contribution < 1.29 is 9.32 Å². The van der Waals surface area contributed by atoms with Crippen molar-refractivity contribution in [2.75, 3.05) is 5.75 Å². The van der Waals surface area contributed by atoms with Crippen LogP contribution < -0.4 is 0 Å². The topological polar surface area (TPSA) is 102 Å². The predicted octanol–water partition coefficient (Wildman–Crippen LogP) is 2.15. The summed E-state index contributed by atoms with van der Waals surface area (Å²) in [6, 6.07) is 3.56. The average Bonchev–Trinajstić information content (AvgIpc) is 2.69. The Kier molecular flexibility index (Phi) is 3.62. The molecule has 0 saturated heterocycles. The average molecular weight is 357 g/mol. The molecule has 8 heteroatoms. The lowest BCUT2D eigenvalue weighted by atomic mass is 10.2. The highest BCUT2D eigenvalue weighted by molar-refractivity contribution is 9.10. The fourth-order valence-corrected chi connectivity index (χ4v) is 4.43. The smallest absolute Gasteiger partial charge is 0.103 e. The SMILES string of the molecule is CC(C)(O)CS(=N)(=O)c1cc(Br)c2c(C#N)cnn2c1. The summed E-state index contributed by atoms with van der Waals surface area (Å²) in [5.41, 5.74) is -0.251. The van der Waals surface area contributed by atoms with E-state index in [2.05, 4.69) is 21.0 Å². The van der Waals surface area contributed by atoms with E-state index in [1.54, 1.807) is 6.07 Å². The number of rotatable bonds is 3. The molecule has 0 spiro atoms. The molecular formula is C12H13BrN4O2S. The Morgan fingerprint density at radius 2 is 2.30 bits per heavy atom. The Morgan fingerprint density at radius 1 is 1.65 bits per heavy atom. The number of nitriles is 1. The zero-order valence-corrected chi connectivity index (χ0v) is 13.3. The lowest BCUT2D eigenvalue weighted by molar-refractivity contribution is 0.105. The van der Waals surface area contributed by atoms with E-state index >= 15 is 0 Å². The van der Waals surface area contributed by atoms with Crippen LogP contribution in [0.25, 0.3) is 5.52 Å². The molecule has 106 valence electrons. The summed E-state index contributed by atoms with van der Waals surface area (Å²) in [7, 11) is -3.15. The zero-order chi connectivity index (χ0) is 15.1. The van der Waals surface area contributed by atoms with Gasteiger partial charge in [-0.3, -0.25) is 0 Å². The van der Waals surface area contributed by atoms with E-state index in [-0.39, 0.29) is 10.6 Å². The van der Waals surface area contributed by atoms with Crippen molar-refractivity contribution in [3.05, 3.63) is 28.5 Å². The molecule has 0 aromatic carbocycles. The lowest BCUT2D eigenvalue weighted by Gasteiger charge is -2.19. The Bertz CT molecular complexity index is 812. The summed E-state index contributed by atoms with van der Waals surface area (Å²) in [4.78, 5) is 0.256. The van der Waals surface area contributed by atoms with Crippen molar-refractivity contribution in [3.8, 4) is 6.07 Å². The van der Waals surface area contributed by atoms with E-state index in [1.807, 2.05) is 6.07 Å². The third kappa shape index (κ3) is 2.85. The van der Waals surface area contributed by atoms with Crippen LogP contribution in [-0.2, 0) is 9.73 Å². The first kappa shape index (κ1) is 15.0. The second kappa shape index (κ2) is 4.84. The van der Waals surface area contributed by atoms with Gasteiger partial charge in [0, 0.05) is 10.7 Å². The van der Waals surface area contributed by atoms with E-state index in [0.29, 0.717) is 15.6 Å². The van der Waals surface area contributed by atoms with Crippen LogP contribution in [0.4, 0.5) is 0 Å². The number of aromatic nitrogens is 2. The van der Waals surface area contributed by atoms with Gasteiger partial charge >= 0.3 is 0 Å². The van der Waals surface area contributed by atoms with Gasteiger partial charge in [-0.15, -0.1) is 0 Å². The third-order valence-corrected chi connectivity index (χ3v) is 5.30. The van der Waals surface area contributed by atoms with Crippen molar-refractivity contribution in [1.82, 2.24) is 9.61 Å². The van der Waals surface area contributed by atoms with Crippen molar-refractivity contribution >= 4 is 31.2 Å². The second-order valence-electron chi connectivity index (χ2n) is 5.12. The number of hydrogen-bond donors (Lipinski definition) is 2. The zero-order valence-electron chi connectivity index (χ0n) is 10.9. The molecule has 2 rings (SSSR count). The Morgan fingerprint density at radius 3 is 2.85 bits per heavy atom. The third-order valence-electron chi connectivity index (χ3n) is 2.60. The molecule has 0 aliphatic carbocycles. The van der Waals surface area contributed by atoms with E-state index in [0.717, 1.165) is 0 Å². The molecule has 1 unspecified atom stereocenters. The minimum atomic E-state index is -3.15. The maximum Gasteiger partial charge on any atom is 0.103 e. The molecule has 6 nitrogen and oxygen atoms in total. The molecule has 0 aliphatic rings. The predicted molar refractivity (Wildman–Crippen MR) is 77.9 cm³/mol. The van der Waals surface area contributed by atoms with Crippen LogP contribution >= 0.6 is 15.9 Å². The second-order valence-corrected chi connectivity index (χ2v) is 8.08. The van der Waals surface area contributed by atoms with Crippen LogP contribution in [0.5, 0.6) is 0 Å². The molecule has 2 N–H and O–H groups in total. The summed E-state index contributed by atoms with van der Waals surface area (Å²) >= 11 is 3.31. The maximum absolute atomic E-state index is 12.5. The van der Waals surface area contributed by atoms with Crippen LogP contribution in [0, 0.1) is 16.1 Å². The van der Waals surface area contributed by atoms with Gasteiger partial charge in [0.05, 0.1) is 43.3 Å². The number of fused-ring (bicyclic) bond motifs is 1. The molecule has 2 aromatic rings. The van der Waals surface area contributed by atoms with Gasteiger partial charge in [-0.2, -0.15) is 10.4 Å². The van der Waals surface area contributed by atoms with E-state index < -0.39 is 15.3 Å². The van der Waals surface area contributed by atoms with Crippen molar-refractivity contribution in [3.63, 3.8) is 0 Å². The van der Waals surface area contributed by atoms with Crippen LogP contribution in [-0.4, -0.2) is 30.3 Å². The molecule has 2 aromatic heterocycles. The van der Waals surface area contributed by atoms with Gasteiger partial charge in [-0.1, -0.05) is 0 Å². The maximum atomic E-state index is 12.5. The summed E-state index contributed by atoms with van der Waals surface area (Å²) < 4.78 is 22.4. The molecule has 0 aliphatic heterocycles. The quantitative estimate of drug-likeness (QED) is 0.879. The van der Waals surface area contributed by atoms with Crippen LogP contribution in [0.2, 0.25) is 0 Å². The van der Waals surface area contributed by atoms with Gasteiger partial charge in [0.2, 0.25) is 0 Å². The highest BCUT2D eigenvalue weighted by Gasteiger charge is 2.23. The monoisotopic (exact) mass is 356 g/mol. The number of pyridine rings is 1. The summed E-state index contributed by atoms with van der Waals surface area (Å²) in [6.07, 6.45) is 2.87. The fourth-order valence-electron chi connectivity index (χ4n) is 1.89. The number of halogens is 1. The Balaban J connectivity index is 2.61. The minimum absolute atomic E-state index is 0.176. The fraction of sp³-hybridized carbons (Fsp3) is 0.333. The molecule has 0 saturated carbocycles. The van der Waals surface area contributed by atoms with Crippen LogP contribution in [0.15, 0.2) is 27.8 Å². The standard InChI is InChI=1S/C12H13BrN4O2S/c1-12(2,18)7-20(15,19)9-3-10(13)11-8(4-14)5-16-17(11)6-9/h3,5-6,15,18H,7H2,1-2H3. The molecular weight excluding hydrogens is 344 g/mol. The van der Waals surface area contributed by atoms with Crippen molar-refractivity contribution in [2.24, 2.45) is 0 Å². The van der Waals surface area contributed by atoms with E-state index in [9.17, 15) is 9.32 Å². The first-order valence-electron chi connectivity index (χ1n) is 5.70. The van der Waals surface area contributed by atoms with Crippen LogP contribution in [0.3, 0.4) is 0 Å². The summed E-state index contributed by atoms with van der Waals surface area (Å²) in [5, 5.41) is 22.8. The molecule has 1 atom stereocenters. The number of hydrogen-bond acceptors (Lipinski definition) is 5. The van der Waals surface area contributed by atoms with Crippen molar-refractivity contribution in [1.29, 1.82) is 10.0 Å². The first-order valence-corrected chi connectivity index (χ1v) is 8.22. The van der Waals surface area contributed by atoms with Gasteiger partial charge in [-0.25, -0.2) is 13.5 Å². The Hall–Kier alpha value is -1.43. The minimum Gasteiger partial charge on any atom is -0.389 e. The number of nitrogens with zero attached hydrogens (tertiary/aromatic N) is 3. The van der Waals surface area contributed by atoms with Gasteiger partial charge in [0.25, 0.3) is 0 Å². The highest BCUT2D eigenvalue weighted by atomic mass is 79.9. The van der Waals surface area contributed by atoms with E-state index in [4.69, 9.17) is 10.0 Å². The van der Waals surface area contributed by atoms with Gasteiger partial charge in [0.15, 0.2) is 0 Å². The number of aliphatic hydroxyl groups is 1. The molecule has 0 amide bonds. The molecule has 0 radical (unpaired) electrons. The molecule has 2 heterocycles. The van der Waals surface area contributed by atoms with Crippen LogP contribution in [0.1, 0.15) is 19.4 Å². The van der Waals surface area contributed by atoms with E-state index in [1.165, 1.54) is 30.8 Å². The first-order chi connectivity index (χ1) is 9.14. The summed E-state index contributed by atoms with van der Waals surface area (Å²) in [6.45, 7) is 3.02. The Labute approximate surface area is 125 Å².